The summed E-state index contributed by atoms with van der Waals surface area (Å²) in [5, 5.41) is 5.98. The monoisotopic (exact) mass is 400 g/mol. The van der Waals surface area contributed by atoms with Gasteiger partial charge in [0, 0.05) is 10.6 Å². The first-order valence-electron chi connectivity index (χ1n) is 8.82. The van der Waals surface area contributed by atoms with Crippen molar-refractivity contribution in [1.29, 1.82) is 0 Å². The zero-order valence-corrected chi connectivity index (χ0v) is 16.5. The van der Waals surface area contributed by atoms with Crippen LogP contribution in [0, 0.1) is 0 Å². The third kappa shape index (κ3) is 4.12. The number of nitrogens with one attached hydrogen (secondary N) is 2. The van der Waals surface area contributed by atoms with E-state index in [4.69, 9.17) is 21.1 Å². The highest BCUT2D eigenvalue weighted by Crippen LogP contribution is 2.37. The largest absolute Gasteiger partial charge is 0.491 e. The van der Waals surface area contributed by atoms with Gasteiger partial charge >= 0.3 is 12.0 Å². The summed E-state index contributed by atoms with van der Waals surface area (Å²) in [5.41, 5.74) is 1.92. The third-order valence-electron chi connectivity index (χ3n) is 4.19. The molecule has 146 valence electrons. The number of methoxy groups -OCH3 is 1. The van der Waals surface area contributed by atoms with E-state index in [9.17, 15) is 9.59 Å². The summed E-state index contributed by atoms with van der Waals surface area (Å²) in [6, 6.07) is 13.0. The lowest BCUT2D eigenvalue weighted by Crippen LogP contribution is -2.45. The molecule has 1 unspecified atom stereocenters. The molecule has 1 heterocycles. The van der Waals surface area contributed by atoms with Gasteiger partial charge in [0.25, 0.3) is 0 Å². The summed E-state index contributed by atoms with van der Waals surface area (Å²) in [6.45, 7) is 3.79. The van der Waals surface area contributed by atoms with Crippen molar-refractivity contribution in [3.05, 3.63) is 70.3 Å². The number of amides is 2. The number of hydrogen-bond donors (Lipinski definition) is 2. The molecule has 0 saturated heterocycles. The third-order valence-corrected chi connectivity index (χ3v) is 4.42. The number of hydrogen-bond acceptors (Lipinski definition) is 4. The van der Waals surface area contributed by atoms with Gasteiger partial charge < -0.3 is 20.1 Å². The topological polar surface area (TPSA) is 76.7 Å². The number of halogens is 1. The van der Waals surface area contributed by atoms with Gasteiger partial charge in [-0.1, -0.05) is 41.9 Å². The molecule has 1 aliphatic heterocycles. The molecule has 7 heteroatoms. The van der Waals surface area contributed by atoms with Crippen molar-refractivity contribution in [2.75, 3.05) is 7.11 Å². The molecule has 0 spiro atoms. The van der Waals surface area contributed by atoms with Crippen molar-refractivity contribution < 1.29 is 19.1 Å². The normalized spacial score (nSPS) is 16.5. The summed E-state index contributed by atoms with van der Waals surface area (Å²) >= 11 is 6.21. The summed E-state index contributed by atoms with van der Waals surface area (Å²) in [7, 11) is 1.30. The van der Waals surface area contributed by atoms with Crippen molar-refractivity contribution >= 4 is 29.3 Å². The molecule has 2 aromatic carbocycles. The molecule has 2 aromatic rings. The maximum absolute atomic E-state index is 12.7. The molecule has 0 bridgehead atoms. The van der Waals surface area contributed by atoms with Crippen LogP contribution in [-0.4, -0.2) is 25.2 Å². The minimum Gasteiger partial charge on any atom is -0.491 e. The van der Waals surface area contributed by atoms with Crippen LogP contribution >= 0.6 is 11.6 Å². The highest BCUT2D eigenvalue weighted by atomic mass is 35.5. The van der Waals surface area contributed by atoms with Gasteiger partial charge in [0.1, 0.15) is 5.75 Å². The summed E-state index contributed by atoms with van der Waals surface area (Å²) in [4.78, 5) is 25.1. The first-order valence-corrected chi connectivity index (χ1v) is 9.20. The predicted molar refractivity (Wildman–Crippen MR) is 107 cm³/mol. The number of ether oxygens (including phenoxy) is 2. The number of urea groups is 1. The van der Waals surface area contributed by atoms with E-state index in [1.54, 1.807) is 18.2 Å². The molecule has 2 amide bonds. The van der Waals surface area contributed by atoms with Crippen molar-refractivity contribution in [1.82, 2.24) is 10.6 Å². The van der Waals surface area contributed by atoms with E-state index in [2.05, 4.69) is 10.6 Å². The number of carbonyl (C=O) groups excluding carboxylic acids is 2. The SMILES string of the molecule is COC(=O)C1=C(c2ccccc2)NC(=O)NC1c1cc(Cl)ccc1OC(C)C. The van der Waals surface area contributed by atoms with Gasteiger partial charge in [-0.3, -0.25) is 0 Å². The maximum atomic E-state index is 12.7. The summed E-state index contributed by atoms with van der Waals surface area (Å²) in [6.07, 6.45) is -0.100. The number of rotatable bonds is 5. The fourth-order valence-electron chi connectivity index (χ4n) is 3.07. The molecule has 6 nitrogen and oxygen atoms in total. The van der Waals surface area contributed by atoms with Gasteiger partial charge in [0.2, 0.25) is 0 Å². The molecule has 1 aliphatic rings. The smallest absolute Gasteiger partial charge is 0.338 e. The van der Waals surface area contributed by atoms with Gasteiger partial charge in [-0.25, -0.2) is 9.59 Å². The summed E-state index contributed by atoms with van der Waals surface area (Å²) < 4.78 is 10.9. The van der Waals surface area contributed by atoms with Crippen LogP contribution in [0.3, 0.4) is 0 Å². The van der Waals surface area contributed by atoms with E-state index in [0.29, 0.717) is 27.6 Å². The first-order chi connectivity index (χ1) is 13.4. The fourth-order valence-corrected chi connectivity index (χ4v) is 3.25. The van der Waals surface area contributed by atoms with Crippen LogP contribution in [0.4, 0.5) is 4.79 Å². The molecule has 0 fully saturated rings. The minimum absolute atomic E-state index is 0.100. The molecule has 0 aliphatic carbocycles. The van der Waals surface area contributed by atoms with E-state index in [0.717, 1.165) is 0 Å². The predicted octanol–water partition coefficient (Wildman–Crippen LogP) is 4.07. The van der Waals surface area contributed by atoms with Crippen molar-refractivity contribution in [3.8, 4) is 5.75 Å². The van der Waals surface area contributed by atoms with Crippen LogP contribution in [0.2, 0.25) is 5.02 Å². The van der Waals surface area contributed by atoms with Crippen LogP contribution in [0.5, 0.6) is 5.75 Å². The van der Waals surface area contributed by atoms with E-state index < -0.39 is 18.0 Å². The molecule has 0 radical (unpaired) electrons. The van der Waals surface area contributed by atoms with Crippen LogP contribution < -0.4 is 15.4 Å². The Morgan fingerprint density at radius 3 is 2.50 bits per heavy atom. The molecule has 28 heavy (non-hydrogen) atoms. The Hall–Kier alpha value is -2.99. The lowest BCUT2D eigenvalue weighted by molar-refractivity contribution is -0.136. The highest BCUT2D eigenvalue weighted by Gasteiger charge is 2.35. The zero-order chi connectivity index (χ0) is 20.3. The van der Waals surface area contributed by atoms with Crippen LogP contribution in [0.1, 0.15) is 31.0 Å². The van der Waals surface area contributed by atoms with Crippen molar-refractivity contribution in [3.63, 3.8) is 0 Å². The average Bonchev–Trinajstić information content (AvgIpc) is 2.68. The Morgan fingerprint density at radius 1 is 1.14 bits per heavy atom. The maximum Gasteiger partial charge on any atom is 0.338 e. The Balaban J connectivity index is 2.23. The molecule has 0 saturated carbocycles. The van der Waals surface area contributed by atoms with E-state index in [-0.39, 0.29) is 11.7 Å². The second-order valence-corrected chi connectivity index (χ2v) is 6.96. The Labute approximate surface area is 168 Å². The van der Waals surface area contributed by atoms with Crippen molar-refractivity contribution in [2.24, 2.45) is 0 Å². The minimum atomic E-state index is -0.788. The fraction of sp³-hybridized carbons (Fsp3) is 0.238. The second kappa shape index (κ2) is 8.35. The number of carbonyl (C=O) groups is 2. The Morgan fingerprint density at radius 2 is 1.86 bits per heavy atom. The highest BCUT2D eigenvalue weighted by molar-refractivity contribution is 6.30. The van der Waals surface area contributed by atoms with Gasteiger partial charge in [-0.2, -0.15) is 0 Å². The van der Waals surface area contributed by atoms with Gasteiger partial charge in [0.15, 0.2) is 0 Å². The Kier molecular flexibility index (Phi) is 5.90. The zero-order valence-electron chi connectivity index (χ0n) is 15.8. The summed E-state index contributed by atoms with van der Waals surface area (Å²) in [5.74, 6) is -0.0350. The molecule has 0 aromatic heterocycles. The lowest BCUT2D eigenvalue weighted by atomic mass is 9.92. The van der Waals surface area contributed by atoms with Crippen LogP contribution in [0.15, 0.2) is 54.1 Å². The van der Waals surface area contributed by atoms with Gasteiger partial charge in [0.05, 0.1) is 30.5 Å². The first kappa shape index (κ1) is 19.8. The number of esters is 1. The van der Waals surface area contributed by atoms with Gasteiger partial charge in [-0.05, 0) is 37.6 Å². The van der Waals surface area contributed by atoms with Crippen molar-refractivity contribution in [2.45, 2.75) is 26.0 Å². The molecule has 2 N–H and O–H groups in total. The van der Waals surface area contributed by atoms with Gasteiger partial charge in [-0.15, -0.1) is 0 Å². The molecular formula is C21H21ClN2O4. The van der Waals surface area contributed by atoms with Crippen LogP contribution in [-0.2, 0) is 9.53 Å². The molecule has 3 rings (SSSR count). The Bertz CT molecular complexity index is 925. The quantitative estimate of drug-likeness (QED) is 0.742. The van der Waals surface area contributed by atoms with E-state index in [1.165, 1.54) is 7.11 Å². The lowest BCUT2D eigenvalue weighted by Gasteiger charge is -2.30. The molecular weight excluding hydrogens is 380 g/mol. The average molecular weight is 401 g/mol. The second-order valence-electron chi connectivity index (χ2n) is 6.53. The number of benzene rings is 2. The van der Waals surface area contributed by atoms with Crippen LogP contribution in [0.25, 0.3) is 5.70 Å². The molecule has 1 atom stereocenters. The van der Waals surface area contributed by atoms with E-state index >= 15 is 0 Å². The standard InChI is InChI=1S/C21H21ClN2O4/c1-12(2)28-16-10-9-14(22)11-15(16)19-17(20(25)27-3)18(23-21(26)24-19)13-7-5-4-6-8-13/h4-12,19H,1-3H3,(H2,23,24,26). The van der Waals surface area contributed by atoms with E-state index in [1.807, 2.05) is 44.2 Å².